The Kier molecular flexibility index (Phi) is 5.09. The number of hydrogen-bond acceptors (Lipinski definition) is 4. The largest absolute Gasteiger partial charge is 0.347 e. The van der Waals surface area contributed by atoms with Crippen molar-refractivity contribution >= 4 is 27.3 Å². The number of carbonyl (C=O) groups is 2. The van der Waals surface area contributed by atoms with Gasteiger partial charge in [-0.2, -0.15) is 0 Å². The van der Waals surface area contributed by atoms with Crippen LogP contribution in [-0.4, -0.2) is 38.3 Å². The average Bonchev–Trinajstić information content (AvgIpc) is 2.80. The summed E-state index contributed by atoms with van der Waals surface area (Å²) in [5, 5.41) is 5.31. The average molecular weight is 338 g/mol. The number of benzene rings is 1. The number of hydrogen-bond donors (Lipinski definition) is 2. The molecule has 1 heterocycles. The quantitative estimate of drug-likeness (QED) is 0.860. The van der Waals surface area contributed by atoms with E-state index in [9.17, 15) is 18.0 Å². The normalized spacial score (nSPS) is 19.3. The van der Waals surface area contributed by atoms with Gasteiger partial charge in [0.05, 0.1) is 24.0 Å². The minimum atomic E-state index is -3.10. The molecule has 1 saturated heterocycles. The van der Waals surface area contributed by atoms with Crippen molar-refractivity contribution in [2.24, 2.45) is 5.92 Å². The van der Waals surface area contributed by atoms with E-state index in [1.807, 2.05) is 32.9 Å². The van der Waals surface area contributed by atoms with Crippen LogP contribution in [-0.2, 0) is 19.4 Å². The zero-order chi connectivity index (χ0) is 17.2. The van der Waals surface area contributed by atoms with Crippen molar-refractivity contribution in [1.29, 1.82) is 0 Å². The highest BCUT2D eigenvalue weighted by atomic mass is 32.2. The highest BCUT2D eigenvalue weighted by molar-refractivity contribution is 7.91. The smallest absolute Gasteiger partial charge is 0.243 e. The third kappa shape index (κ3) is 4.54. The van der Waals surface area contributed by atoms with Crippen LogP contribution in [0.25, 0.3) is 0 Å². The van der Waals surface area contributed by atoms with Crippen LogP contribution in [0.15, 0.2) is 12.1 Å². The van der Waals surface area contributed by atoms with Crippen LogP contribution >= 0.6 is 0 Å². The molecule has 0 aliphatic carbocycles. The van der Waals surface area contributed by atoms with Gasteiger partial charge < -0.3 is 10.6 Å². The van der Waals surface area contributed by atoms with Gasteiger partial charge in [0.25, 0.3) is 0 Å². The predicted octanol–water partition coefficient (Wildman–Crippen LogP) is 1.10. The van der Waals surface area contributed by atoms with Crippen molar-refractivity contribution in [1.82, 2.24) is 5.32 Å². The second kappa shape index (κ2) is 6.70. The predicted molar refractivity (Wildman–Crippen MR) is 89.1 cm³/mol. The van der Waals surface area contributed by atoms with E-state index in [0.717, 1.165) is 22.4 Å². The highest BCUT2D eigenvalue weighted by Crippen LogP contribution is 2.22. The molecule has 1 aromatic rings. The molecule has 1 aliphatic heterocycles. The summed E-state index contributed by atoms with van der Waals surface area (Å²) < 4.78 is 22.7. The first-order valence-corrected chi connectivity index (χ1v) is 9.36. The van der Waals surface area contributed by atoms with Gasteiger partial charge in [-0.15, -0.1) is 0 Å². The van der Waals surface area contributed by atoms with E-state index in [2.05, 4.69) is 10.6 Å². The number of sulfone groups is 1. The molecule has 1 atom stereocenters. The molecule has 2 N–H and O–H groups in total. The first-order chi connectivity index (χ1) is 10.7. The standard InChI is InChI=1S/C16H22N2O4S/c1-10-6-11(2)15(12(3)7-10)18-14(19)8-17-16(20)13-4-5-23(21,22)9-13/h6-7,13H,4-5,8-9H2,1-3H3,(H,17,20)(H,18,19). The molecule has 2 rings (SSSR count). The van der Waals surface area contributed by atoms with E-state index in [1.165, 1.54) is 0 Å². The van der Waals surface area contributed by atoms with Gasteiger partial charge in [-0.3, -0.25) is 9.59 Å². The molecule has 7 heteroatoms. The zero-order valence-electron chi connectivity index (χ0n) is 13.6. The van der Waals surface area contributed by atoms with Crippen LogP contribution in [0.5, 0.6) is 0 Å². The summed E-state index contributed by atoms with van der Waals surface area (Å²) in [5.74, 6) is -1.33. The van der Waals surface area contributed by atoms with Crippen LogP contribution in [0.4, 0.5) is 5.69 Å². The zero-order valence-corrected chi connectivity index (χ0v) is 14.4. The number of rotatable bonds is 4. The summed E-state index contributed by atoms with van der Waals surface area (Å²) in [6.45, 7) is 5.65. The summed E-state index contributed by atoms with van der Waals surface area (Å²) in [6.07, 6.45) is 0.325. The van der Waals surface area contributed by atoms with Gasteiger partial charge in [-0.05, 0) is 38.3 Å². The topological polar surface area (TPSA) is 92.3 Å². The summed E-state index contributed by atoms with van der Waals surface area (Å²) in [4.78, 5) is 23.9. The second-order valence-corrected chi connectivity index (χ2v) is 8.37. The van der Waals surface area contributed by atoms with Crippen LogP contribution < -0.4 is 10.6 Å². The summed E-state index contributed by atoms with van der Waals surface area (Å²) in [7, 11) is -3.10. The number of aryl methyl sites for hydroxylation is 3. The molecule has 0 saturated carbocycles. The molecular weight excluding hydrogens is 316 g/mol. The van der Waals surface area contributed by atoms with Gasteiger partial charge in [0, 0.05) is 5.69 Å². The summed E-state index contributed by atoms with van der Waals surface area (Å²) in [5.41, 5.74) is 3.79. The summed E-state index contributed by atoms with van der Waals surface area (Å²) in [6, 6.07) is 3.95. The van der Waals surface area contributed by atoms with E-state index >= 15 is 0 Å². The Hall–Kier alpha value is -1.89. The molecule has 0 radical (unpaired) electrons. The fourth-order valence-corrected chi connectivity index (χ4v) is 4.62. The minimum Gasteiger partial charge on any atom is -0.347 e. The highest BCUT2D eigenvalue weighted by Gasteiger charge is 2.32. The SMILES string of the molecule is Cc1cc(C)c(NC(=O)CNC(=O)C2CCS(=O)(=O)C2)c(C)c1. The number of carbonyl (C=O) groups excluding carboxylic acids is 2. The first kappa shape index (κ1) is 17.5. The second-order valence-electron chi connectivity index (χ2n) is 6.14. The molecule has 126 valence electrons. The fourth-order valence-electron chi connectivity index (χ4n) is 2.87. The molecule has 1 aliphatic rings. The number of amides is 2. The van der Waals surface area contributed by atoms with Gasteiger partial charge >= 0.3 is 0 Å². The van der Waals surface area contributed by atoms with Crippen molar-refractivity contribution < 1.29 is 18.0 Å². The first-order valence-electron chi connectivity index (χ1n) is 7.54. The number of anilines is 1. The molecule has 23 heavy (non-hydrogen) atoms. The lowest BCUT2D eigenvalue weighted by Crippen LogP contribution is -2.37. The number of nitrogens with one attached hydrogen (secondary N) is 2. The Morgan fingerprint density at radius 3 is 2.30 bits per heavy atom. The summed E-state index contributed by atoms with van der Waals surface area (Å²) >= 11 is 0. The van der Waals surface area contributed by atoms with Crippen molar-refractivity contribution in [3.8, 4) is 0 Å². The minimum absolute atomic E-state index is 0.0407. The monoisotopic (exact) mass is 338 g/mol. The van der Waals surface area contributed by atoms with E-state index < -0.39 is 15.8 Å². The Labute approximate surface area is 136 Å². The van der Waals surface area contributed by atoms with Gasteiger partial charge in [-0.1, -0.05) is 17.7 Å². The van der Waals surface area contributed by atoms with Gasteiger partial charge in [0.1, 0.15) is 0 Å². The van der Waals surface area contributed by atoms with Crippen molar-refractivity contribution in [2.45, 2.75) is 27.2 Å². The molecule has 1 fully saturated rings. The Balaban J connectivity index is 1.90. The van der Waals surface area contributed by atoms with Crippen molar-refractivity contribution in [3.05, 3.63) is 28.8 Å². The van der Waals surface area contributed by atoms with E-state index in [4.69, 9.17) is 0 Å². The van der Waals surface area contributed by atoms with Crippen LogP contribution in [0.3, 0.4) is 0 Å². The van der Waals surface area contributed by atoms with Gasteiger partial charge in [0.2, 0.25) is 11.8 Å². The lowest BCUT2D eigenvalue weighted by molar-refractivity contribution is -0.126. The lowest BCUT2D eigenvalue weighted by Gasteiger charge is -2.14. The lowest BCUT2D eigenvalue weighted by atomic mass is 10.1. The Bertz CT molecular complexity index is 717. The molecule has 0 spiro atoms. The molecule has 6 nitrogen and oxygen atoms in total. The maximum Gasteiger partial charge on any atom is 0.243 e. The Morgan fingerprint density at radius 1 is 1.17 bits per heavy atom. The van der Waals surface area contributed by atoms with Crippen molar-refractivity contribution in [2.75, 3.05) is 23.4 Å². The molecule has 1 aromatic carbocycles. The fraction of sp³-hybridized carbons (Fsp3) is 0.500. The Morgan fingerprint density at radius 2 is 1.78 bits per heavy atom. The van der Waals surface area contributed by atoms with Crippen molar-refractivity contribution in [3.63, 3.8) is 0 Å². The molecule has 0 aromatic heterocycles. The molecular formula is C16H22N2O4S. The molecule has 1 unspecified atom stereocenters. The van der Waals surface area contributed by atoms with Gasteiger partial charge in [0.15, 0.2) is 9.84 Å². The molecule has 0 bridgehead atoms. The van der Waals surface area contributed by atoms with Crippen LogP contribution in [0.1, 0.15) is 23.1 Å². The maximum atomic E-state index is 12.0. The maximum absolute atomic E-state index is 12.0. The van der Waals surface area contributed by atoms with Gasteiger partial charge in [-0.25, -0.2) is 8.42 Å². The van der Waals surface area contributed by atoms with E-state index in [1.54, 1.807) is 0 Å². The van der Waals surface area contributed by atoms with E-state index in [-0.39, 0.29) is 29.9 Å². The van der Waals surface area contributed by atoms with E-state index in [0.29, 0.717) is 6.42 Å². The molecule has 2 amide bonds. The van der Waals surface area contributed by atoms with Crippen LogP contribution in [0, 0.1) is 26.7 Å². The third-order valence-electron chi connectivity index (χ3n) is 3.97. The van der Waals surface area contributed by atoms with Crippen LogP contribution in [0.2, 0.25) is 0 Å². The third-order valence-corrected chi connectivity index (χ3v) is 5.74.